The molecule has 0 radical (unpaired) electrons. The van der Waals surface area contributed by atoms with E-state index in [9.17, 15) is 4.79 Å². The third-order valence-corrected chi connectivity index (χ3v) is 5.46. The molecular weight excluding hydrogens is 274 g/mol. The van der Waals surface area contributed by atoms with Crippen molar-refractivity contribution in [2.75, 3.05) is 20.3 Å². The lowest BCUT2D eigenvalue weighted by Gasteiger charge is -2.39. The van der Waals surface area contributed by atoms with Crippen LogP contribution in [0.2, 0.25) is 0 Å². The molecule has 1 aromatic rings. The highest BCUT2D eigenvalue weighted by atomic mass is 32.1. The molecule has 20 heavy (non-hydrogen) atoms. The average molecular weight is 295 g/mol. The highest BCUT2D eigenvalue weighted by Gasteiger charge is 2.41. The molecule has 5 heteroatoms. The molecule has 0 N–H and O–H groups in total. The zero-order valence-electron chi connectivity index (χ0n) is 12.1. The summed E-state index contributed by atoms with van der Waals surface area (Å²) in [5.41, 5.74) is 1.07. The number of carbonyl (C=O) groups excluding carboxylic acids is 1. The highest BCUT2D eigenvalue weighted by Crippen LogP contribution is 2.37. The van der Waals surface area contributed by atoms with Gasteiger partial charge in [-0.1, -0.05) is 0 Å². The first kappa shape index (κ1) is 14.0. The summed E-state index contributed by atoms with van der Waals surface area (Å²) < 4.78 is 11.5. The van der Waals surface area contributed by atoms with Crippen LogP contribution in [0.15, 0.2) is 11.4 Å². The molecular formula is C15H21NO3S. The van der Waals surface area contributed by atoms with Crippen molar-refractivity contribution >= 4 is 17.2 Å². The van der Waals surface area contributed by atoms with E-state index < -0.39 is 0 Å². The summed E-state index contributed by atoms with van der Waals surface area (Å²) in [4.78, 5) is 15.3. The molecule has 1 saturated carbocycles. The topological polar surface area (TPSA) is 38.8 Å². The van der Waals surface area contributed by atoms with Gasteiger partial charge >= 0.3 is 0 Å². The number of rotatable bonds is 2. The van der Waals surface area contributed by atoms with Gasteiger partial charge in [-0.25, -0.2) is 0 Å². The van der Waals surface area contributed by atoms with Gasteiger partial charge in [-0.05, 0) is 36.8 Å². The summed E-state index contributed by atoms with van der Waals surface area (Å²) in [5.74, 6) is -0.203. The SMILES string of the molecule is Cc1ccsc1C(=O)N(C)C1CCC2(CC1)OCCO2. The summed E-state index contributed by atoms with van der Waals surface area (Å²) in [6.07, 6.45) is 3.68. The Hall–Kier alpha value is -0.910. The van der Waals surface area contributed by atoms with Crippen molar-refractivity contribution in [3.05, 3.63) is 21.9 Å². The Kier molecular flexibility index (Phi) is 3.84. The maximum atomic E-state index is 12.5. The van der Waals surface area contributed by atoms with Crippen molar-refractivity contribution in [2.45, 2.75) is 44.4 Å². The van der Waals surface area contributed by atoms with Crippen molar-refractivity contribution in [1.29, 1.82) is 0 Å². The van der Waals surface area contributed by atoms with Crippen LogP contribution in [0.5, 0.6) is 0 Å². The molecule has 1 amide bonds. The van der Waals surface area contributed by atoms with E-state index in [4.69, 9.17) is 9.47 Å². The molecule has 2 heterocycles. The predicted octanol–water partition coefficient (Wildman–Crippen LogP) is 2.81. The zero-order valence-corrected chi connectivity index (χ0v) is 12.9. The first-order valence-corrected chi connectivity index (χ1v) is 8.08. The highest BCUT2D eigenvalue weighted by molar-refractivity contribution is 7.12. The van der Waals surface area contributed by atoms with Gasteiger partial charge in [-0.3, -0.25) is 4.79 Å². The quantitative estimate of drug-likeness (QED) is 0.842. The van der Waals surface area contributed by atoms with Crippen LogP contribution in [0.1, 0.15) is 40.9 Å². The average Bonchev–Trinajstić information content (AvgIpc) is 3.08. The second kappa shape index (κ2) is 5.47. The number of carbonyl (C=O) groups is 1. The lowest BCUT2D eigenvalue weighted by molar-refractivity contribution is -0.182. The first-order chi connectivity index (χ1) is 9.61. The molecule has 0 aromatic carbocycles. The van der Waals surface area contributed by atoms with Gasteiger partial charge in [-0.2, -0.15) is 0 Å². The summed E-state index contributed by atoms with van der Waals surface area (Å²) in [6.45, 7) is 3.40. The minimum atomic E-state index is -0.348. The molecule has 1 aliphatic heterocycles. The number of hydrogen-bond donors (Lipinski definition) is 0. The van der Waals surface area contributed by atoms with Crippen LogP contribution in [0.3, 0.4) is 0 Å². The second-order valence-electron chi connectivity index (χ2n) is 5.69. The fourth-order valence-electron chi connectivity index (χ4n) is 3.13. The molecule has 2 aliphatic rings. The number of amides is 1. The maximum absolute atomic E-state index is 12.5. The smallest absolute Gasteiger partial charge is 0.264 e. The Balaban J connectivity index is 1.63. The van der Waals surface area contributed by atoms with Crippen molar-refractivity contribution in [1.82, 2.24) is 4.90 Å². The zero-order chi connectivity index (χ0) is 14.2. The first-order valence-electron chi connectivity index (χ1n) is 7.20. The van der Waals surface area contributed by atoms with Gasteiger partial charge in [0.25, 0.3) is 5.91 Å². The third-order valence-electron chi connectivity index (χ3n) is 4.45. The van der Waals surface area contributed by atoms with Crippen molar-refractivity contribution < 1.29 is 14.3 Å². The Morgan fingerprint density at radius 3 is 2.55 bits per heavy atom. The number of thiophene rings is 1. The molecule has 0 atom stereocenters. The summed E-state index contributed by atoms with van der Waals surface area (Å²) in [6, 6.07) is 2.30. The summed E-state index contributed by atoms with van der Waals surface area (Å²) in [5, 5.41) is 1.98. The van der Waals surface area contributed by atoms with Crippen LogP contribution in [0.25, 0.3) is 0 Å². The normalized spacial score (nSPS) is 22.3. The molecule has 4 nitrogen and oxygen atoms in total. The molecule has 3 rings (SSSR count). The Morgan fingerprint density at radius 2 is 2.00 bits per heavy atom. The van der Waals surface area contributed by atoms with E-state index in [1.807, 2.05) is 30.3 Å². The van der Waals surface area contributed by atoms with Gasteiger partial charge in [0.15, 0.2) is 5.79 Å². The summed E-state index contributed by atoms with van der Waals surface area (Å²) >= 11 is 1.53. The molecule has 1 saturated heterocycles. The van der Waals surface area contributed by atoms with Crippen LogP contribution in [0, 0.1) is 6.92 Å². The monoisotopic (exact) mass is 295 g/mol. The van der Waals surface area contributed by atoms with Gasteiger partial charge in [0.05, 0.1) is 18.1 Å². The fraction of sp³-hybridized carbons (Fsp3) is 0.667. The number of nitrogens with zero attached hydrogens (tertiary/aromatic N) is 1. The second-order valence-corrected chi connectivity index (χ2v) is 6.60. The number of ether oxygens (including phenoxy) is 2. The Bertz CT molecular complexity index is 483. The molecule has 0 bridgehead atoms. The minimum absolute atomic E-state index is 0.145. The fourth-order valence-corrected chi connectivity index (χ4v) is 4.04. The van der Waals surface area contributed by atoms with Gasteiger partial charge in [0.2, 0.25) is 0 Å². The van der Waals surface area contributed by atoms with E-state index in [0.29, 0.717) is 19.3 Å². The maximum Gasteiger partial charge on any atom is 0.264 e. The van der Waals surface area contributed by atoms with E-state index in [1.54, 1.807) is 0 Å². The van der Waals surface area contributed by atoms with Crippen molar-refractivity contribution in [2.24, 2.45) is 0 Å². The molecule has 1 aromatic heterocycles. The number of aryl methyl sites for hydroxylation is 1. The Labute approximate surface area is 123 Å². The van der Waals surface area contributed by atoms with Gasteiger partial charge in [-0.15, -0.1) is 11.3 Å². The van der Waals surface area contributed by atoms with E-state index in [2.05, 4.69) is 0 Å². The van der Waals surface area contributed by atoms with Crippen molar-refractivity contribution in [3.63, 3.8) is 0 Å². The number of hydrogen-bond acceptors (Lipinski definition) is 4. The minimum Gasteiger partial charge on any atom is -0.348 e. The summed E-state index contributed by atoms with van der Waals surface area (Å²) in [7, 11) is 1.92. The van der Waals surface area contributed by atoms with Gasteiger partial charge in [0, 0.05) is 25.9 Å². The van der Waals surface area contributed by atoms with E-state index in [-0.39, 0.29) is 11.7 Å². The van der Waals surface area contributed by atoms with Crippen molar-refractivity contribution in [3.8, 4) is 0 Å². The third kappa shape index (κ3) is 2.50. The van der Waals surface area contributed by atoms with E-state index in [1.165, 1.54) is 11.3 Å². The van der Waals surface area contributed by atoms with Crippen LogP contribution in [-0.2, 0) is 9.47 Å². The molecule has 0 unspecified atom stereocenters. The largest absolute Gasteiger partial charge is 0.348 e. The van der Waals surface area contributed by atoms with E-state index in [0.717, 1.165) is 36.1 Å². The Morgan fingerprint density at radius 1 is 1.35 bits per heavy atom. The lowest BCUT2D eigenvalue weighted by Crippen LogP contribution is -2.44. The molecule has 2 fully saturated rings. The standard InChI is InChI=1S/C15H21NO3S/c1-11-5-10-20-13(11)14(17)16(2)12-3-6-15(7-4-12)18-8-9-19-15/h5,10,12H,3-4,6-9H2,1-2H3. The van der Waals surface area contributed by atoms with Crippen LogP contribution < -0.4 is 0 Å². The van der Waals surface area contributed by atoms with Gasteiger partial charge in [0.1, 0.15) is 0 Å². The predicted molar refractivity (Wildman–Crippen MR) is 78.0 cm³/mol. The lowest BCUT2D eigenvalue weighted by atomic mass is 9.89. The van der Waals surface area contributed by atoms with Crippen LogP contribution in [0.4, 0.5) is 0 Å². The molecule has 110 valence electrons. The van der Waals surface area contributed by atoms with Crippen LogP contribution >= 0.6 is 11.3 Å². The molecule has 1 spiro atoms. The molecule has 1 aliphatic carbocycles. The van der Waals surface area contributed by atoms with E-state index >= 15 is 0 Å². The van der Waals surface area contributed by atoms with Crippen LogP contribution in [-0.4, -0.2) is 42.9 Å². The van der Waals surface area contributed by atoms with Gasteiger partial charge < -0.3 is 14.4 Å².